The van der Waals surface area contributed by atoms with Crippen LogP contribution in [0.1, 0.15) is 90.2 Å². The number of hydrogen-bond acceptors (Lipinski definition) is 3. The van der Waals surface area contributed by atoms with E-state index in [1.54, 1.807) is 0 Å². The van der Waals surface area contributed by atoms with Gasteiger partial charge in [-0.3, -0.25) is 4.79 Å². The molecule has 0 bridgehead atoms. The van der Waals surface area contributed by atoms with E-state index in [-0.39, 0.29) is 22.9 Å². The molecule has 1 saturated carbocycles. The Morgan fingerprint density at radius 2 is 2.04 bits per heavy atom. The minimum atomic E-state index is -0.309. The molecule has 1 fully saturated rings. The van der Waals surface area contributed by atoms with Gasteiger partial charge in [-0.1, -0.05) is 33.6 Å². The molecule has 1 aromatic rings. The Morgan fingerprint density at radius 1 is 1.32 bits per heavy atom. The second-order valence-electron chi connectivity index (χ2n) is 9.09. The first-order chi connectivity index (χ1) is 11.7. The first-order valence-electron chi connectivity index (χ1n) is 9.74. The van der Waals surface area contributed by atoms with Crippen LogP contribution in [0.25, 0.3) is 0 Å². The summed E-state index contributed by atoms with van der Waals surface area (Å²) in [6.07, 6.45) is 5.41. The Balaban J connectivity index is 2.04. The number of fused-ring (bicyclic) bond motifs is 3. The average Bonchev–Trinajstić information content (AvgIpc) is 2.51. The molecule has 1 N–H and O–H groups in total. The molecule has 3 heteroatoms. The first kappa shape index (κ1) is 18.3. The minimum absolute atomic E-state index is 0.00471. The van der Waals surface area contributed by atoms with E-state index >= 15 is 0 Å². The molecule has 0 amide bonds. The summed E-state index contributed by atoms with van der Waals surface area (Å²) in [5.41, 5.74) is 1.66. The lowest BCUT2D eigenvalue weighted by molar-refractivity contribution is -0.124. The predicted octanol–water partition coefficient (Wildman–Crippen LogP) is 5.48. The van der Waals surface area contributed by atoms with E-state index in [0.717, 1.165) is 42.6 Å². The van der Waals surface area contributed by atoms with Gasteiger partial charge in [0.05, 0.1) is 0 Å². The van der Waals surface area contributed by atoms with Gasteiger partial charge in [0.25, 0.3) is 0 Å². The highest BCUT2D eigenvalue weighted by Gasteiger charge is 2.47. The number of phenols is 1. The van der Waals surface area contributed by atoms with E-state index in [0.29, 0.717) is 24.4 Å². The van der Waals surface area contributed by atoms with Crippen LogP contribution in [0.2, 0.25) is 0 Å². The fourth-order valence-corrected chi connectivity index (χ4v) is 4.72. The monoisotopic (exact) mass is 344 g/mol. The van der Waals surface area contributed by atoms with Crippen molar-refractivity contribution in [2.45, 2.75) is 90.1 Å². The zero-order valence-corrected chi connectivity index (χ0v) is 16.3. The van der Waals surface area contributed by atoms with Gasteiger partial charge in [0.1, 0.15) is 22.9 Å². The maximum absolute atomic E-state index is 12.1. The molecule has 3 nitrogen and oxygen atoms in total. The van der Waals surface area contributed by atoms with E-state index in [1.807, 2.05) is 6.07 Å². The topological polar surface area (TPSA) is 46.5 Å². The highest BCUT2D eigenvalue weighted by molar-refractivity contribution is 5.81. The summed E-state index contributed by atoms with van der Waals surface area (Å²) in [4.78, 5) is 12.1. The van der Waals surface area contributed by atoms with Crippen LogP contribution in [0.15, 0.2) is 12.1 Å². The molecule has 1 aliphatic heterocycles. The predicted molar refractivity (Wildman–Crippen MR) is 100 cm³/mol. The van der Waals surface area contributed by atoms with Crippen molar-refractivity contribution in [3.8, 4) is 11.5 Å². The van der Waals surface area contributed by atoms with Crippen molar-refractivity contribution in [2.24, 2.45) is 5.92 Å². The van der Waals surface area contributed by atoms with Gasteiger partial charge >= 0.3 is 0 Å². The molecule has 2 unspecified atom stereocenters. The number of carbonyl (C=O) groups is 1. The summed E-state index contributed by atoms with van der Waals surface area (Å²) < 4.78 is 6.37. The summed E-state index contributed by atoms with van der Waals surface area (Å²) in [7, 11) is 0. The highest BCUT2D eigenvalue weighted by Crippen LogP contribution is 2.54. The molecule has 2 atom stereocenters. The van der Waals surface area contributed by atoms with Crippen molar-refractivity contribution in [1.82, 2.24) is 0 Å². The third-order valence-corrected chi connectivity index (χ3v) is 6.36. The zero-order chi connectivity index (χ0) is 18.4. The van der Waals surface area contributed by atoms with E-state index in [1.165, 1.54) is 0 Å². The van der Waals surface area contributed by atoms with Crippen LogP contribution >= 0.6 is 0 Å². The van der Waals surface area contributed by atoms with Crippen molar-refractivity contribution < 1.29 is 14.6 Å². The van der Waals surface area contributed by atoms with Crippen molar-refractivity contribution in [3.63, 3.8) is 0 Å². The molecule has 25 heavy (non-hydrogen) atoms. The molecule has 1 aromatic carbocycles. The minimum Gasteiger partial charge on any atom is -0.508 e. The number of benzene rings is 1. The number of rotatable bonds is 4. The summed E-state index contributed by atoms with van der Waals surface area (Å²) in [6.45, 7) is 10.9. The van der Waals surface area contributed by atoms with Gasteiger partial charge < -0.3 is 9.84 Å². The number of ketones is 1. The maximum Gasteiger partial charge on any atom is 0.133 e. The summed E-state index contributed by atoms with van der Waals surface area (Å²) in [6, 6.07) is 4.02. The maximum atomic E-state index is 12.1. The standard InChI is InChI=1S/C22H32O3/c1-6-7-10-21(2,3)14-11-18(24)20-16-13-15(23)8-9-17(16)22(4,5)25-19(20)12-14/h11-12,16-17,24H,6-10,13H2,1-5H3. The molecule has 1 heterocycles. The lowest BCUT2D eigenvalue weighted by atomic mass is 9.66. The Hall–Kier alpha value is -1.51. The summed E-state index contributed by atoms with van der Waals surface area (Å²) in [5, 5.41) is 10.8. The van der Waals surface area contributed by atoms with E-state index < -0.39 is 0 Å². The van der Waals surface area contributed by atoms with Gasteiger partial charge in [-0.05, 0) is 49.8 Å². The molecule has 0 radical (unpaired) electrons. The molecular formula is C22H32O3. The van der Waals surface area contributed by atoms with Gasteiger partial charge in [0, 0.05) is 30.2 Å². The van der Waals surface area contributed by atoms with Crippen LogP contribution < -0.4 is 4.74 Å². The fourth-order valence-electron chi connectivity index (χ4n) is 4.72. The summed E-state index contributed by atoms with van der Waals surface area (Å²) in [5.74, 6) is 1.74. The third-order valence-electron chi connectivity index (χ3n) is 6.36. The largest absolute Gasteiger partial charge is 0.508 e. The number of aromatic hydroxyl groups is 1. The first-order valence-corrected chi connectivity index (χ1v) is 9.74. The SMILES string of the molecule is CCCCC(C)(C)c1cc(O)c2c(c1)OC(C)(C)C1CCC(=O)CC21. The molecule has 0 aromatic heterocycles. The van der Waals surface area contributed by atoms with Gasteiger partial charge in [-0.15, -0.1) is 0 Å². The van der Waals surface area contributed by atoms with Crippen molar-refractivity contribution in [1.29, 1.82) is 0 Å². The number of phenolic OH excluding ortho intramolecular Hbond substituents is 1. The van der Waals surface area contributed by atoms with E-state index in [4.69, 9.17) is 4.74 Å². The van der Waals surface area contributed by atoms with Crippen LogP contribution in [-0.4, -0.2) is 16.5 Å². The third kappa shape index (κ3) is 3.30. The molecule has 1 aliphatic carbocycles. The lowest BCUT2D eigenvalue weighted by Gasteiger charge is -2.47. The van der Waals surface area contributed by atoms with Crippen molar-refractivity contribution in [2.75, 3.05) is 0 Å². The second-order valence-corrected chi connectivity index (χ2v) is 9.09. The molecule has 3 rings (SSSR count). The highest BCUT2D eigenvalue weighted by atomic mass is 16.5. The molecule has 0 spiro atoms. The fraction of sp³-hybridized carbons (Fsp3) is 0.682. The van der Waals surface area contributed by atoms with Crippen LogP contribution in [0.5, 0.6) is 11.5 Å². The van der Waals surface area contributed by atoms with Gasteiger partial charge in [-0.25, -0.2) is 0 Å². The molecule has 138 valence electrons. The second kappa shape index (κ2) is 6.34. The average molecular weight is 344 g/mol. The smallest absolute Gasteiger partial charge is 0.133 e. The van der Waals surface area contributed by atoms with Crippen molar-refractivity contribution in [3.05, 3.63) is 23.3 Å². The quantitative estimate of drug-likeness (QED) is 0.786. The molecular weight excluding hydrogens is 312 g/mol. The van der Waals surface area contributed by atoms with Crippen molar-refractivity contribution >= 4 is 5.78 Å². The van der Waals surface area contributed by atoms with Crippen LogP contribution in [-0.2, 0) is 10.2 Å². The van der Waals surface area contributed by atoms with Crippen LogP contribution in [0, 0.1) is 5.92 Å². The Bertz CT molecular complexity index is 672. The summed E-state index contributed by atoms with van der Waals surface area (Å²) >= 11 is 0. The normalized spacial score (nSPS) is 25.1. The van der Waals surface area contributed by atoms with E-state index in [9.17, 15) is 9.90 Å². The number of unbranched alkanes of at least 4 members (excludes halogenated alkanes) is 1. The van der Waals surface area contributed by atoms with Gasteiger partial charge in [0.2, 0.25) is 0 Å². The van der Waals surface area contributed by atoms with Gasteiger partial charge in [-0.2, -0.15) is 0 Å². The Morgan fingerprint density at radius 3 is 2.72 bits per heavy atom. The number of ether oxygens (including phenoxy) is 1. The Kier molecular flexibility index (Phi) is 4.63. The molecule has 0 saturated heterocycles. The van der Waals surface area contributed by atoms with Crippen LogP contribution in [0.3, 0.4) is 0 Å². The van der Waals surface area contributed by atoms with Gasteiger partial charge in [0.15, 0.2) is 0 Å². The zero-order valence-electron chi connectivity index (χ0n) is 16.3. The molecule has 2 aliphatic rings. The number of carbonyl (C=O) groups excluding carboxylic acids is 1. The Labute approximate surface area is 151 Å². The van der Waals surface area contributed by atoms with E-state index in [2.05, 4.69) is 40.7 Å². The number of hydrogen-bond donors (Lipinski definition) is 1. The number of Topliss-reactive ketones (excluding diaryl/α,β-unsaturated/α-hetero) is 1. The van der Waals surface area contributed by atoms with Crippen LogP contribution in [0.4, 0.5) is 0 Å². The lowest BCUT2D eigenvalue weighted by Crippen LogP contribution is -2.47.